The van der Waals surface area contributed by atoms with Gasteiger partial charge in [0.1, 0.15) is 0 Å². The van der Waals surface area contributed by atoms with Crippen LogP contribution in [0.4, 0.5) is 18.9 Å². The molecule has 1 amide bonds. The van der Waals surface area contributed by atoms with E-state index in [1.165, 1.54) is 37.5 Å². The Morgan fingerprint density at radius 1 is 1.10 bits per heavy atom. The predicted octanol–water partition coefficient (Wildman–Crippen LogP) is 3.94. The number of nitrogens with one attached hydrogen (secondary N) is 1. The molecule has 0 heterocycles. The van der Waals surface area contributed by atoms with Gasteiger partial charge in [0.05, 0.1) is 11.3 Å². The van der Waals surface area contributed by atoms with Crippen molar-refractivity contribution in [2.24, 2.45) is 29.6 Å². The summed E-state index contributed by atoms with van der Waals surface area (Å²) in [5.74, 6) is 1.85. The Hall–Kier alpha value is -1.52. The Balaban J connectivity index is 1.52. The van der Waals surface area contributed by atoms with Crippen molar-refractivity contribution in [3.8, 4) is 0 Å². The molecule has 5 heteroatoms. The van der Waals surface area contributed by atoms with E-state index in [1.807, 2.05) is 0 Å². The second kappa shape index (κ2) is 4.24. The molecule has 4 atom stereocenters. The van der Waals surface area contributed by atoms with Crippen LogP contribution in [0.3, 0.4) is 0 Å². The van der Waals surface area contributed by atoms with Crippen molar-refractivity contribution in [1.29, 1.82) is 0 Å². The number of rotatable bonds is 2. The maximum atomic E-state index is 12.9. The largest absolute Gasteiger partial charge is 0.418 e. The average molecular weight is 295 g/mol. The van der Waals surface area contributed by atoms with Gasteiger partial charge in [-0.2, -0.15) is 13.2 Å². The van der Waals surface area contributed by atoms with Crippen molar-refractivity contribution >= 4 is 11.6 Å². The molecule has 3 aliphatic carbocycles. The molecule has 0 aromatic heterocycles. The van der Waals surface area contributed by atoms with Crippen LogP contribution in [0, 0.1) is 29.6 Å². The Bertz CT molecular complexity index is 581. The zero-order valence-corrected chi connectivity index (χ0v) is 11.4. The smallest absolute Gasteiger partial charge is 0.325 e. The summed E-state index contributed by atoms with van der Waals surface area (Å²) >= 11 is 0. The third kappa shape index (κ3) is 1.97. The summed E-state index contributed by atoms with van der Waals surface area (Å²) in [6.45, 7) is 0. The summed E-state index contributed by atoms with van der Waals surface area (Å²) in [5, 5.41) is 2.52. The fraction of sp³-hybridized carbons (Fsp3) is 0.562. The second-order valence-electron chi connectivity index (χ2n) is 6.55. The lowest BCUT2D eigenvalue weighted by atomic mass is 10.0. The number of halogens is 3. The number of alkyl halides is 3. The van der Waals surface area contributed by atoms with Gasteiger partial charge in [0, 0.05) is 5.92 Å². The van der Waals surface area contributed by atoms with E-state index in [2.05, 4.69) is 5.32 Å². The van der Waals surface area contributed by atoms with Crippen molar-refractivity contribution < 1.29 is 18.0 Å². The molecule has 3 aliphatic rings. The number of amides is 1. The number of fused-ring (bicyclic) bond motifs is 5. The van der Waals surface area contributed by atoms with E-state index in [9.17, 15) is 18.0 Å². The number of carbonyl (C=O) groups excluding carboxylic acids is 1. The summed E-state index contributed by atoms with van der Waals surface area (Å²) in [6, 6.07) is 5.19. The number of benzene rings is 1. The summed E-state index contributed by atoms with van der Waals surface area (Å²) < 4.78 is 38.8. The van der Waals surface area contributed by atoms with Crippen LogP contribution in [0.1, 0.15) is 24.8 Å². The Labute approximate surface area is 120 Å². The minimum absolute atomic E-state index is 0.0578. The first kappa shape index (κ1) is 13.2. The van der Waals surface area contributed by atoms with Gasteiger partial charge in [0.15, 0.2) is 0 Å². The standard InChI is InChI=1S/C16H16F3NO/c17-16(18,19)10-3-1-2-4-11(10)20-15(21)14-12-8-5-6-9(7-8)13(12)14/h1-4,8-9,12-14H,5-7H2,(H,20,21)/t8-,9-,12+,13+/m0/s1. The van der Waals surface area contributed by atoms with Gasteiger partial charge in [0.2, 0.25) is 5.91 Å². The molecule has 2 nitrogen and oxygen atoms in total. The van der Waals surface area contributed by atoms with Crippen LogP contribution in [-0.4, -0.2) is 5.91 Å². The summed E-state index contributed by atoms with van der Waals surface area (Å²) in [7, 11) is 0. The second-order valence-corrected chi connectivity index (χ2v) is 6.55. The van der Waals surface area contributed by atoms with Gasteiger partial charge in [-0.15, -0.1) is 0 Å². The van der Waals surface area contributed by atoms with Crippen LogP contribution in [0.25, 0.3) is 0 Å². The molecule has 0 spiro atoms. The van der Waals surface area contributed by atoms with Gasteiger partial charge in [-0.3, -0.25) is 4.79 Å². The quantitative estimate of drug-likeness (QED) is 0.880. The highest BCUT2D eigenvalue weighted by Crippen LogP contribution is 2.69. The predicted molar refractivity (Wildman–Crippen MR) is 71.4 cm³/mol. The van der Waals surface area contributed by atoms with Crippen LogP contribution < -0.4 is 5.32 Å². The Kier molecular flexibility index (Phi) is 2.66. The van der Waals surface area contributed by atoms with Gasteiger partial charge in [-0.25, -0.2) is 0 Å². The highest BCUT2D eigenvalue weighted by atomic mass is 19.4. The maximum absolute atomic E-state index is 12.9. The fourth-order valence-corrected chi connectivity index (χ4v) is 4.73. The summed E-state index contributed by atoms with van der Waals surface area (Å²) in [4.78, 5) is 12.3. The molecule has 1 aromatic rings. The first-order valence-corrected chi connectivity index (χ1v) is 7.44. The highest BCUT2D eigenvalue weighted by molar-refractivity contribution is 5.95. The van der Waals surface area contributed by atoms with Gasteiger partial charge in [-0.1, -0.05) is 12.1 Å². The maximum Gasteiger partial charge on any atom is 0.418 e. The first-order valence-electron chi connectivity index (χ1n) is 7.44. The minimum Gasteiger partial charge on any atom is -0.325 e. The molecule has 4 rings (SSSR count). The number of hydrogen-bond acceptors (Lipinski definition) is 1. The van der Waals surface area contributed by atoms with Crippen molar-refractivity contribution in [2.45, 2.75) is 25.4 Å². The van der Waals surface area contributed by atoms with Crippen LogP contribution >= 0.6 is 0 Å². The molecule has 112 valence electrons. The lowest BCUT2D eigenvalue weighted by Crippen LogP contribution is -2.21. The SMILES string of the molecule is O=C(Nc1ccccc1C(F)(F)F)C1[C@@H]2[C@H]3CC[C@@H](C3)[C@@H]12. The van der Waals surface area contributed by atoms with Gasteiger partial charge in [0.25, 0.3) is 0 Å². The molecule has 3 fully saturated rings. The molecule has 0 saturated heterocycles. The van der Waals surface area contributed by atoms with E-state index in [-0.39, 0.29) is 17.5 Å². The zero-order chi connectivity index (χ0) is 14.8. The van der Waals surface area contributed by atoms with Gasteiger partial charge in [-0.05, 0) is 55.1 Å². The molecule has 0 unspecified atom stereocenters. The number of para-hydroxylation sites is 1. The minimum atomic E-state index is -4.44. The molecule has 0 aliphatic heterocycles. The Morgan fingerprint density at radius 2 is 1.71 bits per heavy atom. The lowest BCUT2D eigenvalue weighted by Gasteiger charge is -2.14. The lowest BCUT2D eigenvalue weighted by molar-refractivity contribution is -0.137. The summed E-state index contributed by atoms with van der Waals surface area (Å²) in [5.41, 5.74) is -0.889. The first-order chi connectivity index (χ1) is 9.97. The van der Waals surface area contributed by atoms with Gasteiger partial charge < -0.3 is 5.32 Å². The van der Waals surface area contributed by atoms with Crippen LogP contribution in [0.5, 0.6) is 0 Å². The normalized spacial score (nSPS) is 36.4. The third-order valence-corrected chi connectivity index (χ3v) is 5.53. The van der Waals surface area contributed by atoms with Crippen molar-refractivity contribution in [3.63, 3.8) is 0 Å². The van der Waals surface area contributed by atoms with E-state index < -0.39 is 11.7 Å². The third-order valence-electron chi connectivity index (χ3n) is 5.53. The topological polar surface area (TPSA) is 29.1 Å². The van der Waals surface area contributed by atoms with E-state index >= 15 is 0 Å². The molecule has 2 bridgehead atoms. The summed E-state index contributed by atoms with van der Waals surface area (Å²) in [6.07, 6.45) is -0.843. The molecule has 21 heavy (non-hydrogen) atoms. The van der Waals surface area contributed by atoms with Crippen LogP contribution in [0.2, 0.25) is 0 Å². The molecular formula is C16H16F3NO. The number of hydrogen-bond donors (Lipinski definition) is 1. The zero-order valence-electron chi connectivity index (χ0n) is 11.4. The van der Waals surface area contributed by atoms with E-state index in [0.717, 1.165) is 6.07 Å². The Morgan fingerprint density at radius 3 is 2.33 bits per heavy atom. The van der Waals surface area contributed by atoms with Crippen molar-refractivity contribution in [3.05, 3.63) is 29.8 Å². The van der Waals surface area contributed by atoms with Gasteiger partial charge >= 0.3 is 6.18 Å². The van der Waals surface area contributed by atoms with Crippen molar-refractivity contribution in [1.82, 2.24) is 0 Å². The monoisotopic (exact) mass is 295 g/mol. The molecule has 0 radical (unpaired) electrons. The average Bonchev–Trinajstić information content (AvgIpc) is 2.87. The molecular weight excluding hydrogens is 279 g/mol. The van der Waals surface area contributed by atoms with Crippen molar-refractivity contribution in [2.75, 3.05) is 5.32 Å². The number of anilines is 1. The van der Waals surface area contributed by atoms with E-state index in [4.69, 9.17) is 0 Å². The fourth-order valence-electron chi connectivity index (χ4n) is 4.73. The highest BCUT2D eigenvalue weighted by Gasteiger charge is 2.67. The van der Waals surface area contributed by atoms with Crippen LogP contribution in [0.15, 0.2) is 24.3 Å². The van der Waals surface area contributed by atoms with Crippen LogP contribution in [-0.2, 0) is 11.0 Å². The molecule has 1 N–H and O–H groups in total. The van der Waals surface area contributed by atoms with E-state index in [0.29, 0.717) is 23.7 Å². The molecule has 3 saturated carbocycles. The van der Waals surface area contributed by atoms with E-state index in [1.54, 1.807) is 0 Å². The number of carbonyl (C=O) groups is 1. The molecule has 1 aromatic carbocycles.